The first-order valence-corrected chi connectivity index (χ1v) is 9.09. The lowest BCUT2D eigenvalue weighted by Crippen LogP contribution is -2.11. The molecule has 0 radical (unpaired) electrons. The Morgan fingerprint density at radius 2 is 1.92 bits per heavy atom. The summed E-state index contributed by atoms with van der Waals surface area (Å²) in [6, 6.07) is 15.5. The first-order chi connectivity index (χ1) is 12.2. The van der Waals surface area contributed by atoms with Gasteiger partial charge in [0.1, 0.15) is 17.7 Å². The largest absolute Gasteiger partial charge is 0.492 e. The number of hydrogen-bond donors (Lipinski definition) is 1. The molecule has 1 N–H and O–H groups in total. The number of hydrogen-bond acceptors (Lipinski definition) is 3. The van der Waals surface area contributed by atoms with Gasteiger partial charge in [0.15, 0.2) is 0 Å². The Morgan fingerprint density at radius 3 is 2.72 bits per heavy atom. The number of halogens is 1. The van der Waals surface area contributed by atoms with Crippen LogP contribution in [0.25, 0.3) is 11.0 Å². The number of aliphatic hydroxyl groups is 1. The van der Waals surface area contributed by atoms with Crippen LogP contribution < -0.4 is 4.74 Å². The van der Waals surface area contributed by atoms with E-state index in [1.54, 1.807) is 0 Å². The van der Waals surface area contributed by atoms with Gasteiger partial charge in [0, 0.05) is 6.54 Å². The second-order valence-corrected chi connectivity index (χ2v) is 6.45. The van der Waals surface area contributed by atoms with Crippen LogP contribution in [0.4, 0.5) is 0 Å². The molecule has 0 amide bonds. The van der Waals surface area contributed by atoms with Crippen molar-refractivity contribution in [3.05, 3.63) is 59.4 Å². The number of ether oxygens (including phenoxy) is 1. The molecular formula is C20H23ClN2O2. The average molecular weight is 359 g/mol. The topological polar surface area (TPSA) is 47.3 Å². The van der Waals surface area contributed by atoms with Gasteiger partial charge >= 0.3 is 0 Å². The maximum Gasteiger partial charge on any atom is 0.138 e. The molecule has 0 bridgehead atoms. The molecular weight excluding hydrogens is 336 g/mol. The van der Waals surface area contributed by atoms with E-state index in [9.17, 15) is 5.11 Å². The number of aliphatic hydroxyl groups excluding tert-OH is 1. The summed E-state index contributed by atoms with van der Waals surface area (Å²) in [6.07, 6.45) is 1.89. The molecule has 0 aliphatic carbocycles. The second kappa shape index (κ2) is 8.37. The van der Waals surface area contributed by atoms with Gasteiger partial charge in [-0.3, -0.25) is 0 Å². The van der Waals surface area contributed by atoms with E-state index in [0.717, 1.165) is 36.2 Å². The van der Waals surface area contributed by atoms with Gasteiger partial charge in [-0.15, -0.1) is 0 Å². The van der Waals surface area contributed by atoms with Crippen LogP contribution in [0.3, 0.4) is 0 Å². The van der Waals surface area contributed by atoms with Crippen molar-refractivity contribution in [1.29, 1.82) is 0 Å². The van der Waals surface area contributed by atoms with Gasteiger partial charge in [-0.05, 0) is 37.1 Å². The minimum Gasteiger partial charge on any atom is -0.492 e. The highest BCUT2D eigenvalue weighted by Crippen LogP contribution is 2.25. The van der Waals surface area contributed by atoms with Crippen molar-refractivity contribution in [2.45, 2.75) is 38.8 Å². The predicted molar refractivity (Wildman–Crippen MR) is 101 cm³/mol. The normalized spacial score (nSPS) is 12.4. The SMILES string of the molecule is CCC[C@H](O)c1nc2ccccc2n1CCCOc1ccccc1Cl. The van der Waals surface area contributed by atoms with Crippen molar-refractivity contribution < 1.29 is 9.84 Å². The number of fused-ring (bicyclic) bond motifs is 1. The number of rotatable bonds is 8. The fourth-order valence-corrected chi connectivity index (χ4v) is 3.14. The zero-order valence-electron chi connectivity index (χ0n) is 14.4. The summed E-state index contributed by atoms with van der Waals surface area (Å²) in [5.41, 5.74) is 1.96. The van der Waals surface area contributed by atoms with E-state index < -0.39 is 6.10 Å². The van der Waals surface area contributed by atoms with Crippen molar-refractivity contribution in [1.82, 2.24) is 9.55 Å². The lowest BCUT2D eigenvalue weighted by Gasteiger charge is -2.14. The first kappa shape index (κ1) is 17.8. The van der Waals surface area contributed by atoms with Crippen molar-refractivity contribution >= 4 is 22.6 Å². The molecule has 0 spiro atoms. The lowest BCUT2D eigenvalue weighted by atomic mass is 10.2. The summed E-state index contributed by atoms with van der Waals surface area (Å²) in [4.78, 5) is 4.63. The Hall–Kier alpha value is -2.04. The Balaban J connectivity index is 1.71. The van der Waals surface area contributed by atoms with E-state index >= 15 is 0 Å². The highest BCUT2D eigenvalue weighted by Gasteiger charge is 2.17. The van der Waals surface area contributed by atoms with Crippen LogP contribution in [0.1, 0.15) is 38.1 Å². The van der Waals surface area contributed by atoms with E-state index in [1.165, 1.54) is 0 Å². The molecule has 1 aromatic heterocycles. The van der Waals surface area contributed by atoms with Crippen molar-refractivity contribution in [3.63, 3.8) is 0 Å². The summed E-state index contributed by atoms with van der Waals surface area (Å²) in [6.45, 7) is 3.36. The molecule has 132 valence electrons. The highest BCUT2D eigenvalue weighted by molar-refractivity contribution is 6.32. The molecule has 3 rings (SSSR count). The second-order valence-electron chi connectivity index (χ2n) is 6.05. The van der Waals surface area contributed by atoms with Crippen LogP contribution in [0.2, 0.25) is 5.02 Å². The predicted octanol–water partition coefficient (Wildman–Crippen LogP) is 4.99. The average Bonchev–Trinajstić information content (AvgIpc) is 2.99. The van der Waals surface area contributed by atoms with E-state index in [1.807, 2.05) is 48.5 Å². The molecule has 25 heavy (non-hydrogen) atoms. The molecule has 0 aliphatic rings. The number of aryl methyl sites for hydroxylation is 1. The third-order valence-electron chi connectivity index (χ3n) is 4.16. The Bertz CT molecular complexity index is 831. The minimum atomic E-state index is -0.540. The Labute approximate surface area is 153 Å². The van der Waals surface area contributed by atoms with Gasteiger partial charge in [-0.25, -0.2) is 4.98 Å². The van der Waals surface area contributed by atoms with E-state index in [2.05, 4.69) is 16.5 Å². The van der Waals surface area contributed by atoms with Crippen LogP contribution >= 0.6 is 11.6 Å². The maximum absolute atomic E-state index is 10.4. The van der Waals surface area contributed by atoms with Crippen LogP contribution in [0.15, 0.2) is 48.5 Å². The Kier molecular flexibility index (Phi) is 5.95. The number of nitrogens with zero attached hydrogens (tertiary/aromatic N) is 2. The molecule has 2 aromatic carbocycles. The lowest BCUT2D eigenvalue weighted by molar-refractivity contribution is 0.152. The smallest absolute Gasteiger partial charge is 0.138 e. The number of para-hydroxylation sites is 3. The summed E-state index contributed by atoms with van der Waals surface area (Å²) in [7, 11) is 0. The van der Waals surface area contributed by atoms with E-state index in [0.29, 0.717) is 23.8 Å². The van der Waals surface area contributed by atoms with E-state index in [4.69, 9.17) is 16.3 Å². The molecule has 1 heterocycles. The molecule has 3 aromatic rings. The summed E-state index contributed by atoms with van der Waals surface area (Å²) in [5, 5.41) is 11.1. The molecule has 0 fully saturated rings. The molecule has 0 saturated carbocycles. The van der Waals surface area contributed by atoms with Crippen molar-refractivity contribution in [2.75, 3.05) is 6.61 Å². The fraction of sp³-hybridized carbons (Fsp3) is 0.350. The molecule has 0 unspecified atom stereocenters. The zero-order chi connectivity index (χ0) is 17.6. The quantitative estimate of drug-likeness (QED) is 0.577. The van der Waals surface area contributed by atoms with Crippen LogP contribution in [0, 0.1) is 0 Å². The molecule has 5 heteroatoms. The van der Waals surface area contributed by atoms with Crippen LogP contribution in [-0.2, 0) is 6.54 Å². The third kappa shape index (κ3) is 4.14. The summed E-state index contributed by atoms with van der Waals surface area (Å²) in [5.74, 6) is 1.44. The number of imidazole rings is 1. The maximum atomic E-state index is 10.4. The highest BCUT2D eigenvalue weighted by atomic mass is 35.5. The molecule has 4 nitrogen and oxygen atoms in total. The fourth-order valence-electron chi connectivity index (χ4n) is 2.95. The standard InChI is InChI=1S/C20H23ClN2O2/c1-2-8-18(24)20-22-16-10-4-5-11-17(16)23(20)13-7-14-25-19-12-6-3-9-15(19)21/h3-6,9-12,18,24H,2,7-8,13-14H2,1H3/t18-/m0/s1. The molecule has 0 aliphatic heterocycles. The van der Waals surface area contributed by atoms with Crippen LogP contribution in [-0.4, -0.2) is 21.3 Å². The van der Waals surface area contributed by atoms with Gasteiger partial charge in [-0.2, -0.15) is 0 Å². The third-order valence-corrected chi connectivity index (χ3v) is 4.48. The van der Waals surface area contributed by atoms with Gasteiger partial charge in [-0.1, -0.05) is 49.2 Å². The zero-order valence-corrected chi connectivity index (χ0v) is 15.1. The number of aromatic nitrogens is 2. The molecule has 0 saturated heterocycles. The number of benzene rings is 2. The van der Waals surface area contributed by atoms with E-state index in [-0.39, 0.29) is 0 Å². The van der Waals surface area contributed by atoms with Gasteiger partial charge < -0.3 is 14.4 Å². The monoisotopic (exact) mass is 358 g/mol. The van der Waals surface area contributed by atoms with Crippen molar-refractivity contribution in [2.24, 2.45) is 0 Å². The minimum absolute atomic E-state index is 0.540. The summed E-state index contributed by atoms with van der Waals surface area (Å²) < 4.78 is 7.87. The van der Waals surface area contributed by atoms with Crippen molar-refractivity contribution in [3.8, 4) is 5.75 Å². The summed E-state index contributed by atoms with van der Waals surface area (Å²) >= 11 is 6.11. The van der Waals surface area contributed by atoms with Gasteiger partial charge in [0.2, 0.25) is 0 Å². The first-order valence-electron chi connectivity index (χ1n) is 8.71. The van der Waals surface area contributed by atoms with Gasteiger partial charge in [0.25, 0.3) is 0 Å². The van der Waals surface area contributed by atoms with Crippen LogP contribution in [0.5, 0.6) is 5.75 Å². The Morgan fingerprint density at radius 1 is 1.16 bits per heavy atom. The molecule has 1 atom stereocenters. The van der Waals surface area contributed by atoms with Gasteiger partial charge in [0.05, 0.1) is 22.7 Å².